The molecule has 0 radical (unpaired) electrons. The molecule has 0 spiro atoms. The van der Waals surface area contributed by atoms with Crippen LogP contribution in [0, 0.1) is 13.8 Å². The lowest BCUT2D eigenvalue weighted by Crippen LogP contribution is -2.17. The van der Waals surface area contributed by atoms with Crippen LogP contribution in [-0.2, 0) is 10.8 Å². The van der Waals surface area contributed by atoms with E-state index in [1.54, 1.807) is 0 Å². The summed E-state index contributed by atoms with van der Waals surface area (Å²) in [6, 6.07) is 5.93. The minimum absolute atomic E-state index is 0.162. The summed E-state index contributed by atoms with van der Waals surface area (Å²) in [5, 5.41) is 14.1. The van der Waals surface area contributed by atoms with Gasteiger partial charge in [-0.15, -0.1) is 0 Å². The highest BCUT2D eigenvalue weighted by Crippen LogP contribution is 2.41. The Morgan fingerprint density at radius 1 is 0.792 bits per heavy atom. The Morgan fingerprint density at radius 2 is 1.21 bits per heavy atom. The van der Waals surface area contributed by atoms with E-state index >= 15 is 0 Å². The number of aromatic hydroxyl groups is 1. The van der Waals surface area contributed by atoms with Crippen molar-refractivity contribution in [2.75, 3.05) is 5.32 Å². The molecule has 0 unspecified atom stereocenters. The van der Waals surface area contributed by atoms with Crippen LogP contribution in [0.3, 0.4) is 0 Å². The highest BCUT2D eigenvalue weighted by atomic mass is 16.3. The molecular formula is C20H29N3O. The highest BCUT2D eigenvalue weighted by molar-refractivity contribution is 5.63. The topological polar surface area (TPSA) is 58.0 Å². The summed E-state index contributed by atoms with van der Waals surface area (Å²) in [4.78, 5) is 8.90. The quantitative estimate of drug-likeness (QED) is 0.750. The fraction of sp³-hybridized carbons (Fsp3) is 0.500. The molecule has 1 heterocycles. The van der Waals surface area contributed by atoms with Crippen molar-refractivity contribution in [1.29, 1.82) is 0 Å². The predicted molar refractivity (Wildman–Crippen MR) is 100 cm³/mol. The van der Waals surface area contributed by atoms with Gasteiger partial charge in [0.2, 0.25) is 5.95 Å². The van der Waals surface area contributed by atoms with Crippen LogP contribution in [-0.4, -0.2) is 15.1 Å². The van der Waals surface area contributed by atoms with E-state index in [0.29, 0.717) is 11.7 Å². The molecule has 0 bridgehead atoms. The van der Waals surface area contributed by atoms with Gasteiger partial charge < -0.3 is 10.4 Å². The minimum Gasteiger partial charge on any atom is -0.507 e. The van der Waals surface area contributed by atoms with Gasteiger partial charge in [0, 0.05) is 28.2 Å². The van der Waals surface area contributed by atoms with Gasteiger partial charge in [0.15, 0.2) is 0 Å². The van der Waals surface area contributed by atoms with E-state index < -0.39 is 0 Å². The molecule has 0 saturated heterocycles. The number of anilines is 2. The smallest absolute Gasteiger partial charge is 0.227 e. The first-order valence-corrected chi connectivity index (χ1v) is 8.35. The van der Waals surface area contributed by atoms with Crippen molar-refractivity contribution in [3.05, 3.63) is 40.7 Å². The average molecular weight is 327 g/mol. The first-order valence-electron chi connectivity index (χ1n) is 8.35. The number of aromatic nitrogens is 2. The van der Waals surface area contributed by atoms with Gasteiger partial charge in [0.05, 0.1) is 0 Å². The number of rotatable bonds is 2. The third-order valence-electron chi connectivity index (χ3n) is 3.96. The molecule has 0 saturated carbocycles. The van der Waals surface area contributed by atoms with Crippen molar-refractivity contribution >= 4 is 11.6 Å². The third-order valence-corrected chi connectivity index (χ3v) is 3.96. The molecule has 0 aliphatic carbocycles. The SMILES string of the molecule is Cc1cc(C)nc(Nc2cc(C(C)(C)C)c(O)c(C(C)(C)C)c2)n1. The Balaban J connectivity index is 2.58. The summed E-state index contributed by atoms with van der Waals surface area (Å²) >= 11 is 0. The normalized spacial score (nSPS) is 12.3. The second-order valence-electron chi connectivity index (χ2n) is 8.52. The molecule has 0 amide bonds. The number of phenols is 1. The standard InChI is InChI=1S/C20H29N3O/c1-12-9-13(2)22-18(21-12)23-14-10-15(19(3,4)5)17(24)16(11-14)20(6,7)8/h9-11,24H,1-8H3,(H,21,22,23). The number of aryl methyl sites for hydroxylation is 2. The molecule has 4 heteroatoms. The van der Waals surface area contributed by atoms with Crippen LogP contribution in [0.15, 0.2) is 18.2 Å². The van der Waals surface area contributed by atoms with Gasteiger partial charge >= 0.3 is 0 Å². The number of phenolic OH excluding ortho intramolecular Hbond substituents is 1. The molecule has 0 aliphatic heterocycles. The number of hydrogen-bond donors (Lipinski definition) is 2. The van der Waals surface area contributed by atoms with E-state index in [4.69, 9.17) is 0 Å². The van der Waals surface area contributed by atoms with Crippen molar-refractivity contribution in [3.63, 3.8) is 0 Å². The maximum absolute atomic E-state index is 10.8. The monoisotopic (exact) mass is 327 g/mol. The van der Waals surface area contributed by atoms with Crippen LogP contribution in [0.4, 0.5) is 11.6 Å². The molecular weight excluding hydrogens is 298 g/mol. The number of hydrogen-bond acceptors (Lipinski definition) is 4. The Morgan fingerprint density at radius 3 is 1.58 bits per heavy atom. The number of nitrogens with zero attached hydrogens (tertiary/aromatic N) is 2. The van der Waals surface area contributed by atoms with Gasteiger partial charge in [0.1, 0.15) is 5.75 Å². The van der Waals surface area contributed by atoms with Crippen LogP contribution in [0.5, 0.6) is 5.75 Å². The average Bonchev–Trinajstić information content (AvgIpc) is 2.36. The van der Waals surface area contributed by atoms with E-state index in [1.165, 1.54) is 0 Å². The van der Waals surface area contributed by atoms with E-state index in [2.05, 4.69) is 56.8 Å². The zero-order chi connectivity index (χ0) is 18.3. The molecule has 0 aliphatic rings. The zero-order valence-corrected chi connectivity index (χ0v) is 16.1. The van der Waals surface area contributed by atoms with Gasteiger partial charge in [-0.1, -0.05) is 41.5 Å². The molecule has 2 aromatic rings. The predicted octanol–water partition coefficient (Wildman–Crippen LogP) is 5.14. The minimum atomic E-state index is -0.162. The van der Waals surface area contributed by atoms with E-state index in [-0.39, 0.29) is 10.8 Å². The second-order valence-corrected chi connectivity index (χ2v) is 8.52. The van der Waals surface area contributed by atoms with Crippen LogP contribution in [0.2, 0.25) is 0 Å². The zero-order valence-electron chi connectivity index (χ0n) is 16.1. The lowest BCUT2D eigenvalue weighted by Gasteiger charge is -2.28. The molecule has 24 heavy (non-hydrogen) atoms. The summed E-state index contributed by atoms with van der Waals surface area (Å²) in [5.74, 6) is 0.958. The summed E-state index contributed by atoms with van der Waals surface area (Å²) in [6.07, 6.45) is 0. The number of benzene rings is 1. The van der Waals surface area contributed by atoms with E-state index in [0.717, 1.165) is 28.2 Å². The first-order chi connectivity index (χ1) is 10.9. The lowest BCUT2D eigenvalue weighted by atomic mass is 9.79. The van der Waals surface area contributed by atoms with Crippen LogP contribution >= 0.6 is 0 Å². The summed E-state index contributed by atoms with van der Waals surface area (Å²) in [6.45, 7) is 16.5. The van der Waals surface area contributed by atoms with Crippen molar-refractivity contribution in [1.82, 2.24) is 9.97 Å². The largest absolute Gasteiger partial charge is 0.507 e. The van der Waals surface area contributed by atoms with Crippen molar-refractivity contribution < 1.29 is 5.11 Å². The Bertz CT molecular complexity index is 697. The molecule has 130 valence electrons. The number of nitrogens with one attached hydrogen (secondary N) is 1. The van der Waals surface area contributed by atoms with Crippen LogP contribution in [0.25, 0.3) is 0 Å². The van der Waals surface area contributed by atoms with Crippen molar-refractivity contribution in [2.24, 2.45) is 0 Å². The van der Waals surface area contributed by atoms with Crippen molar-refractivity contribution in [2.45, 2.75) is 66.2 Å². The Labute approximate surface area is 145 Å². The fourth-order valence-corrected chi connectivity index (χ4v) is 2.76. The van der Waals surface area contributed by atoms with Crippen LogP contribution in [0.1, 0.15) is 64.1 Å². The maximum Gasteiger partial charge on any atom is 0.227 e. The Kier molecular flexibility index (Phi) is 4.62. The first kappa shape index (κ1) is 18.2. The second kappa shape index (κ2) is 6.08. The molecule has 2 N–H and O–H groups in total. The molecule has 1 aromatic heterocycles. The van der Waals surface area contributed by atoms with Gasteiger partial charge in [-0.05, 0) is 42.9 Å². The Hall–Kier alpha value is -2.10. The third kappa shape index (κ3) is 4.05. The maximum atomic E-state index is 10.8. The molecule has 0 atom stereocenters. The molecule has 1 aromatic carbocycles. The van der Waals surface area contributed by atoms with Crippen molar-refractivity contribution in [3.8, 4) is 5.75 Å². The van der Waals surface area contributed by atoms with E-state index in [9.17, 15) is 5.11 Å². The highest BCUT2D eigenvalue weighted by Gasteiger charge is 2.26. The van der Waals surface area contributed by atoms with Gasteiger partial charge in [-0.25, -0.2) is 9.97 Å². The summed E-state index contributed by atoms with van der Waals surface area (Å²) in [5.41, 5.74) is 4.26. The molecule has 4 nitrogen and oxygen atoms in total. The van der Waals surface area contributed by atoms with Gasteiger partial charge in [-0.2, -0.15) is 0 Å². The van der Waals surface area contributed by atoms with Gasteiger partial charge in [-0.3, -0.25) is 0 Å². The molecule has 2 rings (SSSR count). The van der Waals surface area contributed by atoms with E-state index in [1.807, 2.05) is 32.0 Å². The molecule has 0 fully saturated rings. The lowest BCUT2D eigenvalue weighted by molar-refractivity contribution is 0.423. The van der Waals surface area contributed by atoms with Gasteiger partial charge in [0.25, 0.3) is 0 Å². The summed E-state index contributed by atoms with van der Waals surface area (Å²) in [7, 11) is 0. The van der Waals surface area contributed by atoms with Crippen LogP contribution < -0.4 is 5.32 Å². The summed E-state index contributed by atoms with van der Waals surface area (Å²) < 4.78 is 0. The fourth-order valence-electron chi connectivity index (χ4n) is 2.76.